The highest BCUT2D eigenvalue weighted by Gasteiger charge is 2.48. The molecule has 1 aromatic carbocycles. The molecule has 2 fully saturated rings. The van der Waals surface area contributed by atoms with Gasteiger partial charge in [0.15, 0.2) is 0 Å². The number of carbonyl (C=O) groups excluding carboxylic acids is 1. The lowest BCUT2D eigenvalue weighted by Crippen LogP contribution is -2.49. The fourth-order valence-corrected chi connectivity index (χ4v) is 4.92. The van der Waals surface area contributed by atoms with Crippen molar-refractivity contribution < 1.29 is 18.0 Å². The third-order valence-corrected chi connectivity index (χ3v) is 6.82. The van der Waals surface area contributed by atoms with Crippen LogP contribution in [0.2, 0.25) is 0 Å². The van der Waals surface area contributed by atoms with Crippen LogP contribution in [0.5, 0.6) is 0 Å². The zero-order chi connectivity index (χ0) is 24.4. The van der Waals surface area contributed by atoms with E-state index >= 15 is 0 Å². The van der Waals surface area contributed by atoms with E-state index in [9.17, 15) is 18.0 Å². The average Bonchev–Trinajstić information content (AvgIpc) is 3.38. The first kappa shape index (κ1) is 23.2. The van der Waals surface area contributed by atoms with E-state index < -0.39 is 23.2 Å². The Morgan fingerprint density at radius 1 is 1.14 bits per heavy atom. The molecule has 1 aliphatic heterocycles. The summed E-state index contributed by atoms with van der Waals surface area (Å²) in [6, 6.07) is 10.6. The van der Waals surface area contributed by atoms with Gasteiger partial charge in [-0.1, -0.05) is 0 Å². The maximum atomic E-state index is 14.6. The number of nitrogens with one attached hydrogen (secondary N) is 2. The number of benzene rings is 1. The van der Waals surface area contributed by atoms with Crippen molar-refractivity contribution in [3.8, 4) is 11.3 Å². The van der Waals surface area contributed by atoms with E-state index in [0.29, 0.717) is 23.7 Å². The lowest BCUT2D eigenvalue weighted by atomic mass is 9.65. The highest BCUT2D eigenvalue weighted by atomic mass is 19.1. The topological polar surface area (TPSA) is 83.0 Å². The molecule has 0 unspecified atom stereocenters. The number of halogens is 3. The van der Waals surface area contributed by atoms with E-state index in [1.54, 1.807) is 29.2 Å². The second-order valence-corrected chi connectivity index (χ2v) is 9.10. The number of rotatable bonds is 8. The highest BCUT2D eigenvalue weighted by molar-refractivity contribution is 5.79. The van der Waals surface area contributed by atoms with E-state index in [0.717, 1.165) is 19.4 Å². The summed E-state index contributed by atoms with van der Waals surface area (Å²) >= 11 is 0. The Balaban J connectivity index is 1.33. The SMILES string of the molecule is O=CN(c1ccc(F)c(-c2ccc(NCC3(c4ncccc4F)CC(F)C3)nn2)c1)[C@@H]1CCNC1. The van der Waals surface area contributed by atoms with Crippen LogP contribution in [0.15, 0.2) is 48.7 Å². The maximum Gasteiger partial charge on any atom is 0.214 e. The normalized spacial score (nSPS) is 23.5. The van der Waals surface area contributed by atoms with Crippen LogP contribution in [-0.2, 0) is 10.2 Å². The molecule has 5 rings (SSSR count). The van der Waals surface area contributed by atoms with E-state index in [2.05, 4.69) is 25.8 Å². The van der Waals surface area contributed by atoms with Crippen LogP contribution < -0.4 is 15.5 Å². The van der Waals surface area contributed by atoms with Gasteiger partial charge in [0.25, 0.3) is 0 Å². The van der Waals surface area contributed by atoms with Crippen molar-refractivity contribution in [2.45, 2.75) is 36.9 Å². The predicted octanol–water partition coefficient (Wildman–Crippen LogP) is 3.62. The van der Waals surface area contributed by atoms with Crippen LogP contribution in [0.25, 0.3) is 11.3 Å². The summed E-state index contributed by atoms with van der Waals surface area (Å²) < 4.78 is 42.8. The number of hydrogen-bond donors (Lipinski definition) is 2. The number of pyridine rings is 1. The van der Waals surface area contributed by atoms with Gasteiger partial charge in [0.05, 0.1) is 17.4 Å². The Bertz CT molecular complexity index is 1200. The molecule has 1 amide bonds. The quantitative estimate of drug-likeness (QED) is 0.478. The van der Waals surface area contributed by atoms with Crippen molar-refractivity contribution in [1.29, 1.82) is 0 Å². The largest absolute Gasteiger partial charge is 0.368 e. The standard InChI is InChI=1S/C25H25F3N6O/c26-16-11-25(12-16,24-21(28)2-1-8-30-24)14-31-23-6-5-22(32-33-23)19-10-17(3-4-20(19)27)34(15-35)18-7-9-29-13-18/h1-6,8,10,15-16,18,29H,7,9,11-14H2,(H,31,33)/t16?,18-,25?/m1/s1. The molecule has 2 aromatic heterocycles. The van der Waals surface area contributed by atoms with Gasteiger partial charge in [0, 0.05) is 36.0 Å². The Morgan fingerprint density at radius 3 is 2.66 bits per heavy atom. The van der Waals surface area contributed by atoms with Crippen molar-refractivity contribution in [1.82, 2.24) is 20.5 Å². The summed E-state index contributed by atoms with van der Waals surface area (Å²) in [5, 5.41) is 14.6. The van der Waals surface area contributed by atoms with Crippen molar-refractivity contribution >= 4 is 17.9 Å². The van der Waals surface area contributed by atoms with Crippen molar-refractivity contribution in [2.24, 2.45) is 0 Å². The third kappa shape index (κ3) is 4.58. The van der Waals surface area contributed by atoms with Crippen LogP contribution in [0.4, 0.5) is 24.7 Å². The Hall–Kier alpha value is -3.53. The van der Waals surface area contributed by atoms with Gasteiger partial charge in [0.2, 0.25) is 6.41 Å². The van der Waals surface area contributed by atoms with E-state index in [1.165, 1.54) is 24.4 Å². The van der Waals surface area contributed by atoms with Crippen molar-refractivity contribution in [3.63, 3.8) is 0 Å². The molecule has 1 saturated heterocycles. The van der Waals surface area contributed by atoms with Gasteiger partial charge < -0.3 is 15.5 Å². The zero-order valence-electron chi connectivity index (χ0n) is 18.9. The number of amides is 1. The fourth-order valence-electron chi connectivity index (χ4n) is 4.92. The zero-order valence-corrected chi connectivity index (χ0v) is 18.9. The van der Waals surface area contributed by atoms with Crippen molar-refractivity contribution in [3.05, 3.63) is 66.0 Å². The van der Waals surface area contributed by atoms with E-state index in [4.69, 9.17) is 0 Å². The molecule has 10 heteroatoms. The second-order valence-electron chi connectivity index (χ2n) is 9.10. The molecule has 0 bridgehead atoms. The molecule has 35 heavy (non-hydrogen) atoms. The smallest absolute Gasteiger partial charge is 0.214 e. The molecule has 2 N–H and O–H groups in total. The summed E-state index contributed by atoms with van der Waals surface area (Å²) in [7, 11) is 0. The Labute approximate surface area is 200 Å². The summed E-state index contributed by atoms with van der Waals surface area (Å²) in [4.78, 5) is 17.5. The lowest BCUT2D eigenvalue weighted by molar-refractivity contribution is -0.107. The number of anilines is 2. The van der Waals surface area contributed by atoms with Crippen LogP contribution in [-0.4, -0.2) is 53.4 Å². The number of alkyl halides is 1. The van der Waals surface area contributed by atoms with Gasteiger partial charge in [-0.15, -0.1) is 10.2 Å². The number of carbonyl (C=O) groups is 1. The van der Waals surface area contributed by atoms with E-state index in [1.807, 2.05) is 0 Å². The van der Waals surface area contributed by atoms with Gasteiger partial charge in [-0.05, 0) is 68.3 Å². The Kier molecular flexibility index (Phi) is 6.38. The minimum absolute atomic E-state index is 0.00940. The molecule has 1 atom stereocenters. The second kappa shape index (κ2) is 9.61. The van der Waals surface area contributed by atoms with Crippen LogP contribution >= 0.6 is 0 Å². The molecule has 7 nitrogen and oxygen atoms in total. The summed E-state index contributed by atoms with van der Waals surface area (Å²) in [6.07, 6.45) is 2.41. The lowest BCUT2D eigenvalue weighted by Gasteiger charge is -2.44. The van der Waals surface area contributed by atoms with Gasteiger partial charge >= 0.3 is 0 Å². The van der Waals surface area contributed by atoms with E-state index in [-0.39, 0.29) is 36.7 Å². The molecule has 0 radical (unpaired) electrons. The number of hydrogen-bond acceptors (Lipinski definition) is 6. The monoisotopic (exact) mass is 482 g/mol. The van der Waals surface area contributed by atoms with Gasteiger partial charge in [0.1, 0.15) is 23.6 Å². The molecular weight excluding hydrogens is 457 g/mol. The molecule has 2 aliphatic rings. The third-order valence-electron chi connectivity index (χ3n) is 6.82. The van der Waals surface area contributed by atoms with Gasteiger partial charge in [-0.2, -0.15) is 0 Å². The van der Waals surface area contributed by atoms with Gasteiger partial charge in [-0.25, -0.2) is 13.2 Å². The molecule has 1 aliphatic carbocycles. The van der Waals surface area contributed by atoms with Crippen LogP contribution in [0, 0.1) is 11.6 Å². The molecule has 1 saturated carbocycles. The molecule has 182 valence electrons. The van der Waals surface area contributed by atoms with Crippen LogP contribution in [0.3, 0.4) is 0 Å². The predicted molar refractivity (Wildman–Crippen MR) is 126 cm³/mol. The minimum Gasteiger partial charge on any atom is -0.368 e. The number of nitrogens with zero attached hydrogens (tertiary/aromatic N) is 4. The molecule has 3 aromatic rings. The summed E-state index contributed by atoms with van der Waals surface area (Å²) in [6.45, 7) is 1.74. The van der Waals surface area contributed by atoms with Crippen molar-refractivity contribution in [2.75, 3.05) is 29.9 Å². The number of aromatic nitrogens is 3. The molecular formula is C25H25F3N6O. The highest BCUT2D eigenvalue weighted by Crippen LogP contribution is 2.45. The fraction of sp³-hybridized carbons (Fsp3) is 0.360. The maximum absolute atomic E-state index is 14.6. The molecule has 0 spiro atoms. The minimum atomic E-state index is -1.01. The van der Waals surface area contributed by atoms with Crippen LogP contribution in [0.1, 0.15) is 25.0 Å². The van der Waals surface area contributed by atoms with Gasteiger partial charge in [-0.3, -0.25) is 9.78 Å². The Morgan fingerprint density at radius 2 is 2.00 bits per heavy atom. The average molecular weight is 483 g/mol. The first-order valence-corrected chi connectivity index (χ1v) is 11.6. The summed E-state index contributed by atoms with van der Waals surface area (Å²) in [5.41, 5.74) is 0.592. The first-order chi connectivity index (χ1) is 17.0. The summed E-state index contributed by atoms with van der Waals surface area (Å²) in [5.74, 6) is -0.544. The molecule has 3 heterocycles. The first-order valence-electron chi connectivity index (χ1n) is 11.6.